The molecule has 0 N–H and O–H groups in total. The first kappa shape index (κ1) is 21.7. The Bertz CT molecular complexity index is 645. The fourth-order valence-corrected chi connectivity index (χ4v) is 2.35. The molecule has 1 aromatic rings. The van der Waals surface area contributed by atoms with Gasteiger partial charge in [0.15, 0.2) is 0 Å². The molecule has 0 unspecified atom stereocenters. The molecule has 0 heterocycles. The molecule has 0 amide bonds. The van der Waals surface area contributed by atoms with Crippen LogP contribution in [0.5, 0.6) is 0 Å². The van der Waals surface area contributed by atoms with E-state index < -0.39 is 11.9 Å². The van der Waals surface area contributed by atoms with Gasteiger partial charge in [-0.15, -0.1) is 0 Å². The van der Waals surface area contributed by atoms with E-state index in [1.165, 1.54) is 0 Å². The van der Waals surface area contributed by atoms with E-state index in [2.05, 4.69) is 0 Å². The van der Waals surface area contributed by atoms with E-state index in [-0.39, 0.29) is 10.8 Å². The van der Waals surface area contributed by atoms with Crippen LogP contribution in [0.15, 0.2) is 47.9 Å². The number of benzene rings is 1. The molecule has 0 fully saturated rings. The summed E-state index contributed by atoms with van der Waals surface area (Å²) in [5.74, 6) is 0.316. The number of ether oxygens (including phenoxy) is 2. The van der Waals surface area contributed by atoms with Gasteiger partial charge in [-0.2, -0.15) is 0 Å². The van der Waals surface area contributed by atoms with Gasteiger partial charge in [-0.1, -0.05) is 41.5 Å². The van der Waals surface area contributed by atoms with Crippen molar-refractivity contribution in [3.05, 3.63) is 59.1 Å². The summed E-state index contributed by atoms with van der Waals surface area (Å²) in [6.07, 6.45) is 3.57. The lowest BCUT2D eigenvalue weighted by molar-refractivity contribution is 0.0542. The second kappa shape index (κ2) is 8.35. The molecule has 142 valence electrons. The molecule has 0 bridgehead atoms. The summed E-state index contributed by atoms with van der Waals surface area (Å²) in [6, 6.07) is 6.28. The number of hydrogen-bond donors (Lipinski definition) is 0. The van der Waals surface area contributed by atoms with Crippen LogP contribution in [0.4, 0.5) is 0 Å². The molecule has 0 aliphatic rings. The fourth-order valence-electron chi connectivity index (χ4n) is 2.35. The van der Waals surface area contributed by atoms with Crippen LogP contribution in [0, 0.1) is 10.8 Å². The summed E-state index contributed by atoms with van der Waals surface area (Å²) in [7, 11) is 0. The van der Waals surface area contributed by atoms with Gasteiger partial charge in [0, 0.05) is 10.8 Å². The van der Waals surface area contributed by atoms with Crippen molar-refractivity contribution in [1.29, 1.82) is 0 Å². The van der Waals surface area contributed by atoms with E-state index in [1.54, 1.807) is 36.4 Å². The molecule has 0 aromatic heterocycles. The van der Waals surface area contributed by atoms with E-state index >= 15 is 0 Å². The van der Waals surface area contributed by atoms with Crippen molar-refractivity contribution >= 4 is 11.9 Å². The monoisotopic (exact) mass is 358 g/mol. The highest BCUT2D eigenvalue weighted by Gasteiger charge is 2.23. The lowest BCUT2D eigenvalue weighted by atomic mass is 9.93. The number of carbonyl (C=O) groups is 2. The third-order valence-electron chi connectivity index (χ3n) is 3.76. The van der Waals surface area contributed by atoms with Crippen molar-refractivity contribution in [2.24, 2.45) is 10.8 Å². The summed E-state index contributed by atoms with van der Waals surface area (Å²) in [5, 5.41) is 0. The molecule has 0 aliphatic heterocycles. The number of allylic oxidation sites excluding steroid dienone is 4. The summed E-state index contributed by atoms with van der Waals surface area (Å²) in [5.41, 5.74) is 0.244. The Kier molecular flexibility index (Phi) is 6.96. The first-order chi connectivity index (χ1) is 11.9. The van der Waals surface area contributed by atoms with Gasteiger partial charge in [0.25, 0.3) is 0 Å². The average molecular weight is 358 g/mol. The van der Waals surface area contributed by atoms with Crippen LogP contribution in [-0.4, -0.2) is 11.9 Å². The molecule has 0 saturated carbocycles. The van der Waals surface area contributed by atoms with Gasteiger partial charge in [0.1, 0.15) is 11.5 Å². The van der Waals surface area contributed by atoms with Gasteiger partial charge in [-0.25, -0.2) is 9.59 Å². The van der Waals surface area contributed by atoms with Crippen LogP contribution in [0.1, 0.15) is 76.1 Å². The van der Waals surface area contributed by atoms with Crippen molar-refractivity contribution in [2.75, 3.05) is 0 Å². The Hall–Kier alpha value is -2.36. The zero-order chi connectivity index (χ0) is 20.1. The summed E-state index contributed by atoms with van der Waals surface area (Å²) in [4.78, 5) is 24.6. The van der Waals surface area contributed by atoms with Crippen LogP contribution < -0.4 is 0 Å². The smallest absolute Gasteiger partial charge is 0.343 e. The second-order valence-corrected chi connectivity index (χ2v) is 8.16. The normalized spacial score (nSPS) is 13.4. The van der Waals surface area contributed by atoms with Crippen molar-refractivity contribution in [1.82, 2.24) is 0 Å². The lowest BCUT2D eigenvalue weighted by Gasteiger charge is -2.22. The zero-order valence-corrected chi connectivity index (χ0v) is 17.1. The Morgan fingerprint density at radius 2 is 0.962 bits per heavy atom. The topological polar surface area (TPSA) is 52.6 Å². The average Bonchev–Trinajstić information content (AvgIpc) is 2.54. The van der Waals surface area contributed by atoms with Crippen molar-refractivity contribution in [3.63, 3.8) is 0 Å². The molecule has 4 nitrogen and oxygen atoms in total. The van der Waals surface area contributed by atoms with Crippen LogP contribution in [0.2, 0.25) is 0 Å². The minimum absolute atomic E-state index is 0.260. The van der Waals surface area contributed by atoms with Crippen molar-refractivity contribution in [3.8, 4) is 0 Å². The third-order valence-corrected chi connectivity index (χ3v) is 3.76. The van der Waals surface area contributed by atoms with Crippen molar-refractivity contribution < 1.29 is 19.1 Å². The maximum Gasteiger partial charge on any atom is 0.343 e. The Morgan fingerprint density at radius 1 is 0.692 bits per heavy atom. The van der Waals surface area contributed by atoms with E-state index in [4.69, 9.17) is 9.47 Å². The summed E-state index contributed by atoms with van der Waals surface area (Å²) < 4.78 is 10.9. The van der Waals surface area contributed by atoms with Crippen molar-refractivity contribution in [2.45, 2.75) is 55.4 Å². The lowest BCUT2D eigenvalue weighted by Crippen LogP contribution is -2.17. The van der Waals surface area contributed by atoms with Crippen LogP contribution >= 0.6 is 0 Å². The molecule has 0 atom stereocenters. The van der Waals surface area contributed by atoms with E-state index in [9.17, 15) is 9.59 Å². The van der Waals surface area contributed by atoms with Gasteiger partial charge in [-0.3, -0.25) is 0 Å². The highest BCUT2D eigenvalue weighted by Crippen LogP contribution is 2.28. The predicted octanol–water partition coefficient (Wildman–Crippen LogP) is 5.90. The highest BCUT2D eigenvalue weighted by atomic mass is 16.5. The molecular formula is C22H30O4. The molecule has 0 radical (unpaired) electrons. The number of carbonyl (C=O) groups excluding carboxylic acids is 2. The van der Waals surface area contributed by atoms with E-state index in [0.717, 1.165) is 0 Å². The van der Waals surface area contributed by atoms with Crippen LogP contribution in [0.25, 0.3) is 0 Å². The Balaban J connectivity index is 2.89. The minimum Gasteiger partial charge on any atom is -0.427 e. The fraction of sp³-hybridized carbons (Fsp3) is 0.455. The summed E-state index contributed by atoms with van der Waals surface area (Å²) >= 11 is 0. The molecule has 1 aromatic carbocycles. The number of esters is 2. The Morgan fingerprint density at radius 3 is 1.15 bits per heavy atom. The minimum atomic E-state index is -0.447. The summed E-state index contributed by atoms with van der Waals surface area (Å²) in [6.45, 7) is 15.5. The molecule has 4 heteroatoms. The first-order valence-electron chi connectivity index (χ1n) is 8.78. The van der Waals surface area contributed by atoms with Gasteiger partial charge < -0.3 is 9.47 Å². The van der Waals surface area contributed by atoms with Gasteiger partial charge >= 0.3 is 11.9 Å². The molecule has 0 saturated heterocycles. The maximum absolute atomic E-state index is 12.3. The maximum atomic E-state index is 12.3. The molecule has 1 rings (SSSR count). The van der Waals surface area contributed by atoms with Gasteiger partial charge in [0.05, 0.1) is 11.1 Å². The van der Waals surface area contributed by atoms with Gasteiger partial charge in [0.2, 0.25) is 0 Å². The predicted molar refractivity (Wildman–Crippen MR) is 104 cm³/mol. The quantitative estimate of drug-likeness (QED) is 0.497. The van der Waals surface area contributed by atoms with Gasteiger partial charge in [-0.05, 0) is 50.3 Å². The number of rotatable bonds is 4. The largest absolute Gasteiger partial charge is 0.427 e. The zero-order valence-electron chi connectivity index (χ0n) is 17.1. The molecular weight excluding hydrogens is 328 g/mol. The molecule has 0 aliphatic carbocycles. The van der Waals surface area contributed by atoms with E-state index in [1.807, 2.05) is 55.4 Å². The Labute approximate surface area is 156 Å². The number of hydrogen-bond acceptors (Lipinski definition) is 4. The second-order valence-electron chi connectivity index (χ2n) is 8.16. The first-order valence-corrected chi connectivity index (χ1v) is 8.78. The molecule has 26 heavy (non-hydrogen) atoms. The van der Waals surface area contributed by atoms with Crippen LogP contribution in [-0.2, 0) is 9.47 Å². The SMILES string of the molecule is CC=C(OC(=O)c1ccc(C(=O)OC(=CC)C(C)(C)C)cc1)C(C)(C)C. The molecule has 0 spiro atoms. The third kappa shape index (κ3) is 5.87. The standard InChI is InChI=1S/C22H30O4/c1-9-17(21(3,4)5)25-19(23)15-11-13-16(14-12-15)20(24)26-18(10-2)22(6,7)8/h9-14H,1-8H3. The highest BCUT2D eigenvalue weighted by molar-refractivity contribution is 5.94. The van der Waals surface area contributed by atoms with Crippen LogP contribution in [0.3, 0.4) is 0 Å². The van der Waals surface area contributed by atoms with E-state index in [0.29, 0.717) is 22.6 Å².